The van der Waals surface area contributed by atoms with Crippen LogP contribution in [-0.4, -0.2) is 5.11 Å². The molecule has 0 saturated carbocycles. The summed E-state index contributed by atoms with van der Waals surface area (Å²) in [7, 11) is 0. The Labute approximate surface area is 124 Å². The lowest BCUT2D eigenvalue weighted by Crippen LogP contribution is -1.95. The number of aryl methyl sites for hydroxylation is 1. The lowest BCUT2D eigenvalue weighted by molar-refractivity contribution is 0.166. The first-order valence-electron chi connectivity index (χ1n) is 7.09. The van der Waals surface area contributed by atoms with Crippen LogP contribution in [-0.2, 0) is 0 Å². The van der Waals surface area contributed by atoms with Gasteiger partial charge in [0.25, 0.3) is 0 Å². The average Bonchev–Trinajstić information content (AvgIpc) is 2.67. The minimum absolute atomic E-state index is 0.284. The molecule has 0 saturated heterocycles. The van der Waals surface area contributed by atoms with Crippen LogP contribution in [0.4, 0.5) is 0 Å². The summed E-state index contributed by atoms with van der Waals surface area (Å²) < 4.78 is 1.07. The lowest BCUT2D eigenvalue weighted by Gasteiger charge is -2.09. The summed E-state index contributed by atoms with van der Waals surface area (Å²) in [5.74, 6) is 0. The summed E-state index contributed by atoms with van der Waals surface area (Å²) in [5, 5.41) is 10.1. The van der Waals surface area contributed by atoms with Crippen LogP contribution in [0.1, 0.15) is 74.1 Å². The fraction of sp³-hybridized carbons (Fsp3) is 0.733. The Morgan fingerprint density at radius 2 is 1.78 bits per heavy atom. The van der Waals surface area contributed by atoms with Crippen LogP contribution < -0.4 is 0 Å². The summed E-state index contributed by atoms with van der Waals surface area (Å²) in [4.78, 5) is 2.36. The highest BCUT2D eigenvalue weighted by Crippen LogP contribution is 2.34. The first-order valence-corrected chi connectivity index (χ1v) is 8.70. The third-order valence-corrected chi connectivity index (χ3v) is 5.29. The molecule has 0 fully saturated rings. The van der Waals surface area contributed by atoms with Crippen molar-refractivity contribution in [2.75, 3.05) is 0 Å². The van der Waals surface area contributed by atoms with E-state index < -0.39 is 0 Å². The van der Waals surface area contributed by atoms with Crippen molar-refractivity contribution in [3.63, 3.8) is 0 Å². The van der Waals surface area contributed by atoms with E-state index in [-0.39, 0.29) is 6.10 Å². The number of halogens is 1. The predicted octanol–water partition coefficient (Wildman–Crippen LogP) is 5.99. The number of hydrogen-bond acceptors (Lipinski definition) is 2. The molecule has 0 bridgehead atoms. The van der Waals surface area contributed by atoms with Gasteiger partial charge in [0.2, 0.25) is 0 Å². The summed E-state index contributed by atoms with van der Waals surface area (Å²) in [5.41, 5.74) is 0. The zero-order valence-corrected chi connectivity index (χ0v) is 13.9. The van der Waals surface area contributed by atoms with E-state index in [1.54, 1.807) is 11.3 Å². The van der Waals surface area contributed by atoms with Gasteiger partial charge in [-0.05, 0) is 35.3 Å². The third-order valence-electron chi connectivity index (χ3n) is 3.22. The molecule has 0 aliphatic carbocycles. The number of unbranched alkanes of at least 4 members (excludes halogenated alkanes) is 6. The average molecular weight is 333 g/mol. The molecule has 104 valence electrons. The molecule has 1 atom stereocenters. The van der Waals surface area contributed by atoms with Crippen molar-refractivity contribution in [2.24, 2.45) is 0 Å². The maximum atomic E-state index is 10.1. The lowest BCUT2D eigenvalue weighted by atomic mass is 10.1. The van der Waals surface area contributed by atoms with Crippen molar-refractivity contribution < 1.29 is 5.11 Å². The summed E-state index contributed by atoms with van der Waals surface area (Å²) in [6.07, 6.45) is 9.71. The molecule has 0 radical (unpaired) electrons. The first kappa shape index (κ1) is 16.2. The molecule has 3 heteroatoms. The number of thiophene rings is 1. The van der Waals surface area contributed by atoms with Gasteiger partial charge in [0.05, 0.1) is 6.10 Å². The Morgan fingerprint density at radius 3 is 2.33 bits per heavy atom. The zero-order chi connectivity index (χ0) is 13.4. The molecule has 0 aliphatic rings. The summed E-state index contributed by atoms with van der Waals surface area (Å²) >= 11 is 5.22. The van der Waals surface area contributed by atoms with E-state index >= 15 is 0 Å². The Morgan fingerprint density at radius 1 is 1.17 bits per heavy atom. The van der Waals surface area contributed by atoms with Crippen molar-refractivity contribution in [3.8, 4) is 0 Å². The molecule has 18 heavy (non-hydrogen) atoms. The van der Waals surface area contributed by atoms with Gasteiger partial charge in [0.1, 0.15) is 0 Å². The Hall–Kier alpha value is 0.140. The van der Waals surface area contributed by atoms with Gasteiger partial charge in [0.15, 0.2) is 0 Å². The molecular formula is C15H25BrOS. The molecule has 1 heterocycles. The molecule has 0 aliphatic heterocycles. The van der Waals surface area contributed by atoms with Crippen molar-refractivity contribution in [1.82, 2.24) is 0 Å². The van der Waals surface area contributed by atoms with Gasteiger partial charge < -0.3 is 5.11 Å². The maximum absolute atomic E-state index is 10.1. The molecule has 1 aromatic heterocycles. The molecule has 1 N–H and O–H groups in total. The van der Waals surface area contributed by atoms with Crippen LogP contribution in [0.2, 0.25) is 0 Å². The largest absolute Gasteiger partial charge is 0.388 e. The van der Waals surface area contributed by atoms with Gasteiger partial charge in [0, 0.05) is 14.2 Å². The van der Waals surface area contributed by atoms with Gasteiger partial charge in [-0.3, -0.25) is 0 Å². The van der Waals surface area contributed by atoms with Crippen LogP contribution in [0, 0.1) is 6.92 Å². The molecule has 1 unspecified atom stereocenters. The standard InChI is InChI=1S/C15H25BrOS/c1-3-4-5-6-7-8-9-10-14(17)15-13(16)11-12(2)18-15/h11,14,17H,3-10H2,1-2H3. The first-order chi connectivity index (χ1) is 8.65. The van der Waals surface area contributed by atoms with Crippen LogP contribution in [0.3, 0.4) is 0 Å². The maximum Gasteiger partial charge on any atom is 0.0893 e. The topological polar surface area (TPSA) is 20.2 Å². The van der Waals surface area contributed by atoms with E-state index in [1.165, 1.54) is 43.4 Å². The quantitative estimate of drug-likeness (QED) is 0.550. The molecule has 1 rings (SSSR count). The number of aliphatic hydroxyl groups excluding tert-OH is 1. The highest BCUT2D eigenvalue weighted by Gasteiger charge is 2.13. The fourth-order valence-electron chi connectivity index (χ4n) is 2.15. The van der Waals surface area contributed by atoms with E-state index in [0.717, 1.165) is 22.2 Å². The van der Waals surface area contributed by atoms with E-state index in [1.807, 2.05) is 0 Å². The van der Waals surface area contributed by atoms with E-state index in [0.29, 0.717) is 0 Å². The Bertz CT molecular complexity index is 335. The van der Waals surface area contributed by atoms with Crippen molar-refractivity contribution >= 4 is 27.3 Å². The molecule has 0 amide bonds. The van der Waals surface area contributed by atoms with Crippen LogP contribution in [0.5, 0.6) is 0 Å². The molecular weight excluding hydrogens is 308 g/mol. The van der Waals surface area contributed by atoms with Gasteiger partial charge in [-0.25, -0.2) is 0 Å². The van der Waals surface area contributed by atoms with Crippen molar-refractivity contribution in [2.45, 2.75) is 71.3 Å². The van der Waals surface area contributed by atoms with Crippen molar-refractivity contribution in [1.29, 1.82) is 0 Å². The van der Waals surface area contributed by atoms with Crippen LogP contribution >= 0.6 is 27.3 Å². The van der Waals surface area contributed by atoms with E-state index in [9.17, 15) is 5.11 Å². The fourth-order valence-corrected chi connectivity index (χ4v) is 4.09. The van der Waals surface area contributed by atoms with E-state index in [2.05, 4.69) is 35.8 Å². The monoisotopic (exact) mass is 332 g/mol. The van der Waals surface area contributed by atoms with E-state index in [4.69, 9.17) is 0 Å². The Balaban J connectivity index is 2.14. The van der Waals surface area contributed by atoms with Crippen LogP contribution in [0.25, 0.3) is 0 Å². The second kappa shape index (κ2) is 9.11. The normalized spacial score (nSPS) is 12.9. The van der Waals surface area contributed by atoms with Gasteiger partial charge in [-0.15, -0.1) is 11.3 Å². The highest BCUT2D eigenvalue weighted by molar-refractivity contribution is 9.10. The predicted molar refractivity (Wildman–Crippen MR) is 84.3 cm³/mol. The van der Waals surface area contributed by atoms with Crippen LogP contribution in [0.15, 0.2) is 10.5 Å². The van der Waals surface area contributed by atoms with Gasteiger partial charge in [-0.1, -0.05) is 51.9 Å². The second-order valence-corrected chi connectivity index (χ2v) is 7.14. The molecule has 1 nitrogen and oxygen atoms in total. The summed E-state index contributed by atoms with van der Waals surface area (Å²) in [6.45, 7) is 4.33. The van der Waals surface area contributed by atoms with Gasteiger partial charge >= 0.3 is 0 Å². The second-order valence-electron chi connectivity index (χ2n) is 5.00. The number of aliphatic hydroxyl groups is 1. The van der Waals surface area contributed by atoms with Crippen molar-refractivity contribution in [3.05, 3.63) is 20.3 Å². The highest BCUT2D eigenvalue weighted by atomic mass is 79.9. The molecule has 0 spiro atoms. The smallest absolute Gasteiger partial charge is 0.0893 e. The van der Waals surface area contributed by atoms with Gasteiger partial charge in [-0.2, -0.15) is 0 Å². The minimum atomic E-state index is -0.284. The Kier molecular flexibility index (Phi) is 8.20. The molecule has 0 aromatic carbocycles. The number of rotatable bonds is 9. The molecule has 1 aromatic rings. The third kappa shape index (κ3) is 5.85. The number of hydrogen-bond donors (Lipinski definition) is 1. The zero-order valence-electron chi connectivity index (χ0n) is 11.5. The summed E-state index contributed by atoms with van der Waals surface area (Å²) in [6, 6.07) is 2.09. The SMILES string of the molecule is CCCCCCCCCC(O)c1sc(C)cc1Br. The minimum Gasteiger partial charge on any atom is -0.388 e.